The fourth-order valence-electron chi connectivity index (χ4n) is 1.86. The standard InChI is InChI=1S/C17H19BrN2O2/c1-12-3-6-14(7-4-12)22-10-9-19-17(21)20-16-8-5-13(2)11-15(16)18/h3-8,11H,9-10H2,1-2H3,(H2,19,20,21). The predicted molar refractivity (Wildman–Crippen MR) is 92.6 cm³/mol. The minimum Gasteiger partial charge on any atom is -0.492 e. The molecule has 5 heteroatoms. The normalized spacial score (nSPS) is 10.1. The van der Waals surface area contributed by atoms with Gasteiger partial charge in [-0.3, -0.25) is 0 Å². The van der Waals surface area contributed by atoms with Crippen molar-refractivity contribution in [2.45, 2.75) is 13.8 Å². The molecule has 0 saturated heterocycles. The number of aryl methyl sites for hydroxylation is 2. The van der Waals surface area contributed by atoms with E-state index in [2.05, 4.69) is 26.6 Å². The van der Waals surface area contributed by atoms with Gasteiger partial charge in [-0.05, 0) is 59.6 Å². The zero-order valence-corrected chi connectivity index (χ0v) is 14.2. The van der Waals surface area contributed by atoms with Crippen LogP contribution >= 0.6 is 15.9 Å². The van der Waals surface area contributed by atoms with Crippen molar-refractivity contribution in [2.75, 3.05) is 18.5 Å². The van der Waals surface area contributed by atoms with E-state index in [1.54, 1.807) is 0 Å². The average molecular weight is 363 g/mol. The van der Waals surface area contributed by atoms with Crippen LogP contribution in [0, 0.1) is 13.8 Å². The van der Waals surface area contributed by atoms with Gasteiger partial charge in [-0.1, -0.05) is 23.8 Å². The van der Waals surface area contributed by atoms with E-state index in [-0.39, 0.29) is 6.03 Å². The Balaban J connectivity index is 1.72. The first-order valence-corrected chi connectivity index (χ1v) is 7.84. The molecule has 0 aromatic heterocycles. The molecule has 116 valence electrons. The van der Waals surface area contributed by atoms with Gasteiger partial charge in [-0.15, -0.1) is 0 Å². The number of halogens is 1. The maximum Gasteiger partial charge on any atom is 0.319 e. The molecule has 0 aliphatic rings. The lowest BCUT2D eigenvalue weighted by Gasteiger charge is -2.10. The van der Waals surface area contributed by atoms with E-state index in [9.17, 15) is 4.79 Å². The number of carbonyl (C=O) groups is 1. The molecule has 0 saturated carbocycles. The number of rotatable bonds is 5. The second kappa shape index (κ2) is 7.84. The van der Waals surface area contributed by atoms with Crippen LogP contribution in [-0.4, -0.2) is 19.2 Å². The van der Waals surface area contributed by atoms with E-state index in [0.29, 0.717) is 13.2 Å². The topological polar surface area (TPSA) is 50.4 Å². The Morgan fingerprint density at radius 3 is 2.45 bits per heavy atom. The molecule has 0 aliphatic heterocycles. The number of amides is 2. The molecular formula is C17H19BrN2O2. The molecule has 0 unspecified atom stereocenters. The number of hydrogen-bond acceptors (Lipinski definition) is 2. The van der Waals surface area contributed by atoms with Gasteiger partial charge >= 0.3 is 6.03 Å². The number of nitrogens with one attached hydrogen (secondary N) is 2. The highest BCUT2D eigenvalue weighted by Gasteiger charge is 2.04. The summed E-state index contributed by atoms with van der Waals surface area (Å²) in [6, 6.07) is 13.3. The van der Waals surface area contributed by atoms with Gasteiger partial charge in [0.25, 0.3) is 0 Å². The molecule has 2 N–H and O–H groups in total. The molecule has 0 spiro atoms. The monoisotopic (exact) mass is 362 g/mol. The lowest BCUT2D eigenvalue weighted by atomic mass is 10.2. The predicted octanol–water partition coefficient (Wildman–Crippen LogP) is 4.27. The van der Waals surface area contributed by atoms with E-state index < -0.39 is 0 Å². The van der Waals surface area contributed by atoms with Crippen molar-refractivity contribution in [1.29, 1.82) is 0 Å². The van der Waals surface area contributed by atoms with Crippen LogP contribution in [-0.2, 0) is 0 Å². The molecule has 0 fully saturated rings. The molecule has 22 heavy (non-hydrogen) atoms. The Hall–Kier alpha value is -2.01. The Morgan fingerprint density at radius 2 is 1.77 bits per heavy atom. The lowest BCUT2D eigenvalue weighted by Crippen LogP contribution is -2.32. The van der Waals surface area contributed by atoms with Crippen LogP contribution < -0.4 is 15.4 Å². The van der Waals surface area contributed by atoms with Crippen molar-refractivity contribution in [1.82, 2.24) is 5.32 Å². The fourth-order valence-corrected chi connectivity index (χ4v) is 2.45. The maximum atomic E-state index is 11.8. The first kappa shape index (κ1) is 16.4. The number of anilines is 1. The van der Waals surface area contributed by atoms with Crippen LogP contribution in [0.5, 0.6) is 5.75 Å². The smallest absolute Gasteiger partial charge is 0.319 e. The Morgan fingerprint density at radius 1 is 1.09 bits per heavy atom. The first-order chi connectivity index (χ1) is 10.5. The van der Waals surface area contributed by atoms with E-state index >= 15 is 0 Å². The molecule has 0 bridgehead atoms. The molecule has 0 aliphatic carbocycles. The van der Waals surface area contributed by atoms with Crippen LogP contribution in [0.3, 0.4) is 0 Å². The van der Waals surface area contributed by atoms with Crippen LogP contribution in [0.1, 0.15) is 11.1 Å². The summed E-state index contributed by atoms with van der Waals surface area (Å²) in [5, 5.41) is 5.55. The third-order valence-corrected chi connectivity index (χ3v) is 3.71. The summed E-state index contributed by atoms with van der Waals surface area (Å²) in [4.78, 5) is 11.8. The number of carbonyl (C=O) groups excluding carboxylic acids is 1. The fraction of sp³-hybridized carbons (Fsp3) is 0.235. The molecule has 2 aromatic rings. The van der Waals surface area contributed by atoms with Crippen molar-refractivity contribution >= 4 is 27.6 Å². The largest absolute Gasteiger partial charge is 0.492 e. The van der Waals surface area contributed by atoms with Gasteiger partial charge < -0.3 is 15.4 Å². The maximum absolute atomic E-state index is 11.8. The van der Waals surface area contributed by atoms with Crippen LogP contribution in [0.25, 0.3) is 0 Å². The molecule has 0 heterocycles. The van der Waals surface area contributed by atoms with Gasteiger partial charge in [0.05, 0.1) is 12.2 Å². The van der Waals surface area contributed by atoms with Crippen LogP contribution in [0.4, 0.5) is 10.5 Å². The third-order valence-electron chi connectivity index (χ3n) is 3.05. The van der Waals surface area contributed by atoms with Crippen molar-refractivity contribution in [3.05, 3.63) is 58.1 Å². The number of urea groups is 1. The second-order valence-electron chi connectivity index (χ2n) is 5.03. The molecule has 0 atom stereocenters. The quantitative estimate of drug-likeness (QED) is 0.780. The first-order valence-electron chi connectivity index (χ1n) is 7.05. The Bertz CT molecular complexity index is 642. The summed E-state index contributed by atoms with van der Waals surface area (Å²) in [6.07, 6.45) is 0. The second-order valence-corrected chi connectivity index (χ2v) is 5.88. The van der Waals surface area contributed by atoms with Gasteiger partial charge in [0.1, 0.15) is 12.4 Å². The lowest BCUT2D eigenvalue weighted by molar-refractivity contribution is 0.247. The van der Waals surface area contributed by atoms with Gasteiger partial charge in [0.2, 0.25) is 0 Å². The Labute approximate surface area is 139 Å². The van der Waals surface area contributed by atoms with Crippen molar-refractivity contribution in [3.63, 3.8) is 0 Å². The molecule has 2 amide bonds. The molecule has 2 aromatic carbocycles. The molecule has 0 radical (unpaired) electrons. The summed E-state index contributed by atoms with van der Waals surface area (Å²) in [5.74, 6) is 0.800. The third kappa shape index (κ3) is 5.07. The average Bonchev–Trinajstić information content (AvgIpc) is 2.48. The SMILES string of the molecule is Cc1ccc(OCCNC(=O)Nc2ccc(C)cc2Br)cc1. The van der Waals surface area contributed by atoms with Crippen LogP contribution in [0.2, 0.25) is 0 Å². The van der Waals surface area contributed by atoms with Gasteiger partial charge in [-0.25, -0.2) is 4.79 Å². The summed E-state index contributed by atoms with van der Waals surface area (Å²) in [7, 11) is 0. The van der Waals surface area contributed by atoms with Crippen molar-refractivity contribution in [3.8, 4) is 5.75 Å². The zero-order valence-electron chi connectivity index (χ0n) is 12.7. The van der Waals surface area contributed by atoms with Gasteiger partial charge in [0, 0.05) is 4.47 Å². The van der Waals surface area contributed by atoms with E-state index in [1.807, 2.05) is 56.3 Å². The van der Waals surface area contributed by atoms with E-state index in [1.165, 1.54) is 5.56 Å². The summed E-state index contributed by atoms with van der Waals surface area (Å²) in [6.45, 7) is 4.88. The molecular weight excluding hydrogens is 344 g/mol. The minimum atomic E-state index is -0.253. The summed E-state index contributed by atoms with van der Waals surface area (Å²) < 4.78 is 6.41. The van der Waals surface area contributed by atoms with Crippen LogP contribution in [0.15, 0.2) is 46.9 Å². The van der Waals surface area contributed by atoms with E-state index in [0.717, 1.165) is 21.5 Å². The zero-order chi connectivity index (χ0) is 15.9. The highest BCUT2D eigenvalue weighted by Crippen LogP contribution is 2.23. The number of ether oxygens (including phenoxy) is 1. The van der Waals surface area contributed by atoms with Gasteiger partial charge in [-0.2, -0.15) is 0 Å². The van der Waals surface area contributed by atoms with E-state index in [4.69, 9.17) is 4.74 Å². The minimum absolute atomic E-state index is 0.253. The molecule has 4 nitrogen and oxygen atoms in total. The van der Waals surface area contributed by atoms with Crippen molar-refractivity contribution in [2.24, 2.45) is 0 Å². The number of benzene rings is 2. The summed E-state index contributed by atoms with van der Waals surface area (Å²) >= 11 is 3.43. The highest BCUT2D eigenvalue weighted by atomic mass is 79.9. The Kier molecular flexibility index (Phi) is 5.83. The molecule has 2 rings (SSSR count). The number of hydrogen-bond donors (Lipinski definition) is 2. The van der Waals surface area contributed by atoms with Gasteiger partial charge in [0.15, 0.2) is 0 Å². The summed E-state index contributed by atoms with van der Waals surface area (Å²) in [5.41, 5.74) is 3.06. The van der Waals surface area contributed by atoms with Crippen molar-refractivity contribution < 1.29 is 9.53 Å². The highest BCUT2D eigenvalue weighted by molar-refractivity contribution is 9.10.